The quantitative estimate of drug-likeness (QED) is 0.853. The Balaban J connectivity index is 1.73. The van der Waals surface area contributed by atoms with E-state index in [4.69, 9.17) is 5.73 Å². The van der Waals surface area contributed by atoms with Crippen LogP contribution in [0.3, 0.4) is 0 Å². The third-order valence-corrected chi connectivity index (χ3v) is 5.72. The summed E-state index contributed by atoms with van der Waals surface area (Å²) < 4.78 is 2.04. The Hall–Kier alpha value is -2.14. The van der Waals surface area contributed by atoms with Crippen molar-refractivity contribution in [2.24, 2.45) is 17.6 Å². The Morgan fingerprint density at radius 3 is 2.56 bits per heavy atom. The van der Waals surface area contributed by atoms with Crippen LogP contribution in [-0.2, 0) is 17.8 Å². The van der Waals surface area contributed by atoms with Gasteiger partial charge in [-0.2, -0.15) is 5.10 Å². The van der Waals surface area contributed by atoms with Crippen LogP contribution < -0.4 is 5.73 Å². The molecule has 1 saturated heterocycles. The zero-order valence-electron chi connectivity index (χ0n) is 17.0. The molecule has 5 nitrogen and oxygen atoms in total. The van der Waals surface area contributed by atoms with Crippen molar-refractivity contribution in [2.75, 3.05) is 19.6 Å². The molecule has 0 radical (unpaired) electrons. The lowest BCUT2D eigenvalue weighted by molar-refractivity contribution is -0.129. The SMILES string of the molecule is Cc1nn(CC(C)C)c(C)c1CC(=O)N1C[C@@H](CN)[C@H](c2ccccc2)C1. The second-order valence-corrected chi connectivity index (χ2v) is 8.21. The Bertz CT molecular complexity index is 781. The summed E-state index contributed by atoms with van der Waals surface area (Å²) in [6, 6.07) is 10.4. The highest BCUT2D eigenvalue weighted by Crippen LogP contribution is 2.32. The van der Waals surface area contributed by atoms with Crippen molar-refractivity contribution >= 4 is 5.91 Å². The van der Waals surface area contributed by atoms with Crippen LogP contribution in [0.2, 0.25) is 0 Å². The third kappa shape index (κ3) is 4.24. The van der Waals surface area contributed by atoms with Crippen molar-refractivity contribution in [1.29, 1.82) is 0 Å². The Labute approximate surface area is 162 Å². The lowest BCUT2D eigenvalue weighted by Crippen LogP contribution is -2.31. The van der Waals surface area contributed by atoms with Gasteiger partial charge in [0.25, 0.3) is 0 Å². The van der Waals surface area contributed by atoms with E-state index in [1.165, 1.54) is 5.56 Å². The van der Waals surface area contributed by atoms with Crippen molar-refractivity contribution in [3.8, 4) is 0 Å². The van der Waals surface area contributed by atoms with Crippen LogP contribution in [0.1, 0.15) is 42.3 Å². The van der Waals surface area contributed by atoms with Gasteiger partial charge >= 0.3 is 0 Å². The van der Waals surface area contributed by atoms with Gasteiger partial charge < -0.3 is 10.6 Å². The van der Waals surface area contributed by atoms with Gasteiger partial charge in [-0.05, 0) is 37.8 Å². The molecule has 1 aliphatic rings. The first-order chi connectivity index (χ1) is 12.9. The minimum atomic E-state index is 0.183. The van der Waals surface area contributed by atoms with Gasteiger partial charge in [0.05, 0.1) is 12.1 Å². The maximum atomic E-state index is 13.0. The smallest absolute Gasteiger partial charge is 0.227 e. The second kappa shape index (κ2) is 8.26. The van der Waals surface area contributed by atoms with E-state index in [-0.39, 0.29) is 5.91 Å². The van der Waals surface area contributed by atoms with Crippen LogP contribution in [0.15, 0.2) is 30.3 Å². The van der Waals surface area contributed by atoms with Gasteiger partial charge in [0, 0.05) is 36.8 Å². The summed E-state index contributed by atoms with van der Waals surface area (Å²) in [5.41, 5.74) is 10.5. The molecular weight excluding hydrogens is 336 g/mol. The number of hydrogen-bond donors (Lipinski definition) is 1. The third-order valence-electron chi connectivity index (χ3n) is 5.72. The standard InChI is InChI=1S/C22H32N4O/c1-15(2)12-26-17(4)20(16(3)24-26)10-22(27)25-13-19(11-23)21(14-25)18-8-6-5-7-9-18/h5-9,15,19,21H,10-14,23H2,1-4H3/t19-,21+/m1/s1. The number of rotatable bonds is 6. The number of likely N-dealkylation sites (tertiary alicyclic amines) is 1. The first kappa shape index (κ1) is 19.6. The molecule has 3 rings (SSSR count). The van der Waals surface area contributed by atoms with Gasteiger partial charge in [-0.1, -0.05) is 44.2 Å². The van der Waals surface area contributed by atoms with E-state index < -0.39 is 0 Å². The molecule has 0 bridgehead atoms. The highest BCUT2D eigenvalue weighted by atomic mass is 16.2. The highest BCUT2D eigenvalue weighted by Gasteiger charge is 2.35. The number of benzene rings is 1. The van der Waals surface area contributed by atoms with E-state index in [9.17, 15) is 4.79 Å². The van der Waals surface area contributed by atoms with E-state index in [1.54, 1.807) is 0 Å². The first-order valence-corrected chi connectivity index (χ1v) is 9.96. The molecule has 0 aliphatic carbocycles. The fourth-order valence-electron chi connectivity index (χ4n) is 4.17. The Kier molecular flexibility index (Phi) is 6.00. The van der Waals surface area contributed by atoms with Crippen LogP contribution in [0, 0.1) is 25.7 Å². The van der Waals surface area contributed by atoms with Crippen molar-refractivity contribution in [3.05, 3.63) is 52.8 Å². The first-order valence-electron chi connectivity index (χ1n) is 9.96. The van der Waals surface area contributed by atoms with E-state index in [0.717, 1.165) is 36.6 Å². The molecule has 2 aromatic rings. The molecule has 2 atom stereocenters. The molecular formula is C22H32N4O. The van der Waals surface area contributed by atoms with Gasteiger partial charge in [0.2, 0.25) is 5.91 Å². The number of hydrogen-bond acceptors (Lipinski definition) is 3. The van der Waals surface area contributed by atoms with Crippen molar-refractivity contribution < 1.29 is 4.79 Å². The summed E-state index contributed by atoms with van der Waals surface area (Å²) in [4.78, 5) is 15.0. The average molecular weight is 369 g/mol. The molecule has 0 saturated carbocycles. The van der Waals surface area contributed by atoms with Gasteiger partial charge in [-0.25, -0.2) is 0 Å². The molecule has 1 aliphatic heterocycles. The van der Waals surface area contributed by atoms with E-state index in [2.05, 4.69) is 50.1 Å². The molecule has 0 spiro atoms. The molecule has 5 heteroatoms. The minimum Gasteiger partial charge on any atom is -0.341 e. The topological polar surface area (TPSA) is 64.2 Å². The van der Waals surface area contributed by atoms with E-state index >= 15 is 0 Å². The predicted molar refractivity (Wildman–Crippen MR) is 109 cm³/mol. The molecule has 1 aromatic carbocycles. The summed E-state index contributed by atoms with van der Waals surface area (Å²) in [6.45, 7) is 11.4. The molecule has 1 aromatic heterocycles. The van der Waals surface area contributed by atoms with Gasteiger partial charge in [-0.15, -0.1) is 0 Å². The minimum absolute atomic E-state index is 0.183. The Morgan fingerprint density at radius 2 is 1.93 bits per heavy atom. The number of amides is 1. The molecule has 1 fully saturated rings. The Morgan fingerprint density at radius 1 is 1.22 bits per heavy atom. The van der Waals surface area contributed by atoms with Gasteiger partial charge in [0.1, 0.15) is 0 Å². The predicted octanol–water partition coefficient (Wildman–Crippen LogP) is 2.90. The molecule has 1 amide bonds. The average Bonchev–Trinajstić information content (AvgIpc) is 3.19. The van der Waals surface area contributed by atoms with Crippen molar-refractivity contribution in [2.45, 2.75) is 46.6 Å². The fraction of sp³-hybridized carbons (Fsp3) is 0.545. The van der Waals surface area contributed by atoms with Crippen LogP contribution in [-0.4, -0.2) is 40.2 Å². The maximum absolute atomic E-state index is 13.0. The summed E-state index contributed by atoms with van der Waals surface area (Å²) in [5.74, 6) is 1.36. The number of nitrogens with zero attached hydrogens (tertiary/aromatic N) is 3. The van der Waals surface area contributed by atoms with Crippen LogP contribution in [0.25, 0.3) is 0 Å². The summed E-state index contributed by atoms with van der Waals surface area (Å²) in [5, 5.41) is 4.65. The number of carbonyl (C=O) groups is 1. The highest BCUT2D eigenvalue weighted by molar-refractivity contribution is 5.79. The fourth-order valence-corrected chi connectivity index (χ4v) is 4.17. The number of aryl methyl sites for hydroxylation is 1. The molecule has 2 N–H and O–H groups in total. The van der Waals surface area contributed by atoms with Crippen LogP contribution >= 0.6 is 0 Å². The van der Waals surface area contributed by atoms with E-state index in [1.807, 2.05) is 22.6 Å². The summed E-state index contributed by atoms with van der Waals surface area (Å²) in [7, 11) is 0. The lowest BCUT2D eigenvalue weighted by atomic mass is 9.89. The number of nitrogens with two attached hydrogens (primary N) is 1. The van der Waals surface area contributed by atoms with Crippen molar-refractivity contribution in [1.82, 2.24) is 14.7 Å². The monoisotopic (exact) mass is 368 g/mol. The normalized spacial score (nSPS) is 19.9. The molecule has 0 unspecified atom stereocenters. The zero-order valence-corrected chi connectivity index (χ0v) is 17.0. The second-order valence-electron chi connectivity index (χ2n) is 8.21. The largest absolute Gasteiger partial charge is 0.341 e. The summed E-state index contributed by atoms with van der Waals surface area (Å²) >= 11 is 0. The number of carbonyl (C=O) groups excluding carboxylic acids is 1. The lowest BCUT2D eigenvalue weighted by Gasteiger charge is -2.17. The zero-order chi connectivity index (χ0) is 19.6. The van der Waals surface area contributed by atoms with E-state index in [0.29, 0.717) is 30.7 Å². The summed E-state index contributed by atoms with van der Waals surface area (Å²) in [6.07, 6.45) is 0.425. The van der Waals surface area contributed by atoms with Gasteiger partial charge in [-0.3, -0.25) is 9.48 Å². The van der Waals surface area contributed by atoms with Crippen LogP contribution in [0.5, 0.6) is 0 Å². The molecule has 146 valence electrons. The number of aromatic nitrogens is 2. The molecule has 2 heterocycles. The van der Waals surface area contributed by atoms with Crippen molar-refractivity contribution in [3.63, 3.8) is 0 Å². The molecule has 27 heavy (non-hydrogen) atoms. The maximum Gasteiger partial charge on any atom is 0.227 e. The van der Waals surface area contributed by atoms with Crippen LogP contribution in [0.4, 0.5) is 0 Å². The van der Waals surface area contributed by atoms with Gasteiger partial charge in [0.15, 0.2) is 0 Å².